The number of aromatic nitrogens is 4. The summed E-state index contributed by atoms with van der Waals surface area (Å²) in [7, 11) is 0. The van der Waals surface area contributed by atoms with Crippen LogP contribution in [-0.2, 0) is 9.59 Å². The van der Waals surface area contributed by atoms with Crippen molar-refractivity contribution in [3.63, 3.8) is 0 Å². The second kappa shape index (κ2) is 7.83. The predicted octanol–water partition coefficient (Wildman–Crippen LogP) is 2.23. The fraction of sp³-hybridized carbons (Fsp3) is 0.286. The largest absolute Gasteiger partial charge is 0.481 e. The molecule has 4 rings (SSSR count). The molecule has 3 atom stereocenters. The zero-order chi connectivity index (χ0) is 20.4. The molecule has 1 aliphatic heterocycles. The Morgan fingerprint density at radius 3 is 2.34 bits per heavy atom. The van der Waals surface area contributed by atoms with Crippen LogP contribution in [0.3, 0.4) is 0 Å². The van der Waals surface area contributed by atoms with E-state index >= 15 is 0 Å². The van der Waals surface area contributed by atoms with Gasteiger partial charge >= 0.3 is 5.97 Å². The molecule has 148 valence electrons. The van der Waals surface area contributed by atoms with E-state index in [9.17, 15) is 14.7 Å². The number of rotatable bonds is 5. The molecule has 29 heavy (non-hydrogen) atoms. The quantitative estimate of drug-likeness (QED) is 0.716. The second-order valence-corrected chi connectivity index (χ2v) is 7.18. The Labute approximate surface area is 167 Å². The van der Waals surface area contributed by atoms with Gasteiger partial charge in [-0.15, -0.1) is 10.2 Å². The van der Waals surface area contributed by atoms with E-state index in [-0.39, 0.29) is 18.4 Å². The lowest BCUT2D eigenvalue weighted by Crippen LogP contribution is -2.36. The number of benzene rings is 2. The number of hydrogen-bond donors (Lipinski definition) is 1. The van der Waals surface area contributed by atoms with Crippen LogP contribution in [0.4, 0.5) is 0 Å². The molecule has 3 aromatic rings. The van der Waals surface area contributed by atoms with Crippen LogP contribution >= 0.6 is 0 Å². The highest BCUT2D eigenvalue weighted by molar-refractivity contribution is 5.82. The van der Waals surface area contributed by atoms with Crippen LogP contribution in [0.2, 0.25) is 0 Å². The molecule has 1 N–H and O–H groups in total. The number of aliphatic carboxylic acids is 1. The Hall–Kier alpha value is -3.55. The lowest BCUT2D eigenvalue weighted by Gasteiger charge is -2.20. The van der Waals surface area contributed by atoms with Crippen LogP contribution < -0.4 is 0 Å². The fourth-order valence-electron chi connectivity index (χ4n) is 3.73. The standard InChI is InChI=1S/C21H21N5O3/c1-14(26-23-19(22-24-26)16-10-6-3-7-11-16)20(27)25-12-17(18(13-25)21(28)29)15-8-4-2-5-9-15/h2-11,14,17-18H,12-13H2,1H3,(H,28,29)/t14?,17-,18-/m0/s1. The van der Waals surface area contributed by atoms with Crippen LogP contribution in [0.25, 0.3) is 11.4 Å². The summed E-state index contributed by atoms with van der Waals surface area (Å²) in [4.78, 5) is 27.7. The van der Waals surface area contributed by atoms with Crippen molar-refractivity contribution in [3.05, 3.63) is 66.2 Å². The van der Waals surface area contributed by atoms with Gasteiger partial charge in [0.05, 0.1) is 5.92 Å². The summed E-state index contributed by atoms with van der Waals surface area (Å²) in [5, 5.41) is 22.1. The number of amides is 1. The van der Waals surface area contributed by atoms with Gasteiger partial charge in [-0.05, 0) is 17.7 Å². The molecule has 1 unspecified atom stereocenters. The molecule has 0 saturated carbocycles. The van der Waals surface area contributed by atoms with E-state index in [1.54, 1.807) is 11.8 Å². The molecule has 8 heteroatoms. The van der Waals surface area contributed by atoms with E-state index in [4.69, 9.17) is 0 Å². The van der Waals surface area contributed by atoms with Gasteiger partial charge in [-0.3, -0.25) is 9.59 Å². The van der Waals surface area contributed by atoms with E-state index < -0.39 is 17.9 Å². The average Bonchev–Trinajstić information content (AvgIpc) is 3.42. The zero-order valence-corrected chi connectivity index (χ0v) is 15.9. The molecule has 1 amide bonds. The van der Waals surface area contributed by atoms with E-state index in [1.165, 1.54) is 4.80 Å². The van der Waals surface area contributed by atoms with Crippen molar-refractivity contribution in [2.24, 2.45) is 5.92 Å². The normalized spacial score (nSPS) is 19.8. The van der Waals surface area contributed by atoms with Crippen molar-refractivity contribution in [1.29, 1.82) is 0 Å². The van der Waals surface area contributed by atoms with Gasteiger partial charge in [-0.1, -0.05) is 60.7 Å². The first-order chi connectivity index (χ1) is 14.0. The first kappa shape index (κ1) is 18.8. The smallest absolute Gasteiger partial charge is 0.308 e. The molecule has 2 aromatic carbocycles. The Kier molecular flexibility index (Phi) is 5.07. The highest BCUT2D eigenvalue weighted by Crippen LogP contribution is 2.34. The highest BCUT2D eigenvalue weighted by atomic mass is 16.4. The monoisotopic (exact) mass is 391 g/mol. The van der Waals surface area contributed by atoms with E-state index in [1.807, 2.05) is 60.7 Å². The minimum atomic E-state index is -0.896. The van der Waals surface area contributed by atoms with Gasteiger partial charge in [-0.25, -0.2) is 0 Å². The first-order valence-electron chi connectivity index (χ1n) is 9.46. The van der Waals surface area contributed by atoms with Gasteiger partial charge in [0.2, 0.25) is 11.7 Å². The number of nitrogens with zero attached hydrogens (tertiary/aromatic N) is 5. The van der Waals surface area contributed by atoms with Crippen LogP contribution in [0.1, 0.15) is 24.4 Å². The minimum Gasteiger partial charge on any atom is -0.481 e. The third-order valence-electron chi connectivity index (χ3n) is 5.34. The predicted molar refractivity (Wildman–Crippen MR) is 105 cm³/mol. The van der Waals surface area contributed by atoms with Crippen molar-refractivity contribution >= 4 is 11.9 Å². The number of carboxylic acid groups (broad SMARTS) is 1. The molecule has 1 aromatic heterocycles. The minimum absolute atomic E-state index is 0.165. The summed E-state index contributed by atoms with van der Waals surface area (Å²) in [6.45, 7) is 2.22. The molecular formula is C21H21N5O3. The van der Waals surface area contributed by atoms with Gasteiger partial charge in [-0.2, -0.15) is 4.80 Å². The molecule has 2 heterocycles. The molecule has 0 spiro atoms. The lowest BCUT2D eigenvalue weighted by molar-refractivity contribution is -0.142. The molecular weight excluding hydrogens is 370 g/mol. The number of hydrogen-bond acceptors (Lipinski definition) is 5. The van der Waals surface area contributed by atoms with Crippen molar-refractivity contribution in [2.75, 3.05) is 13.1 Å². The lowest BCUT2D eigenvalue weighted by atomic mass is 9.89. The third kappa shape index (κ3) is 3.73. The molecule has 1 fully saturated rings. The van der Waals surface area contributed by atoms with Crippen LogP contribution in [-0.4, -0.2) is 55.2 Å². The van der Waals surface area contributed by atoms with Gasteiger partial charge in [0.15, 0.2) is 0 Å². The van der Waals surface area contributed by atoms with Crippen molar-refractivity contribution in [3.8, 4) is 11.4 Å². The molecule has 0 bridgehead atoms. The maximum Gasteiger partial charge on any atom is 0.308 e. The molecule has 1 saturated heterocycles. The van der Waals surface area contributed by atoms with Crippen molar-refractivity contribution < 1.29 is 14.7 Å². The molecule has 0 aliphatic carbocycles. The Bertz CT molecular complexity index is 1010. The van der Waals surface area contributed by atoms with E-state index in [2.05, 4.69) is 15.4 Å². The zero-order valence-electron chi connectivity index (χ0n) is 15.9. The van der Waals surface area contributed by atoms with Crippen molar-refractivity contribution in [2.45, 2.75) is 18.9 Å². The third-order valence-corrected chi connectivity index (χ3v) is 5.34. The molecule has 8 nitrogen and oxygen atoms in total. The number of carboxylic acids is 1. The number of carbonyl (C=O) groups excluding carboxylic acids is 1. The highest BCUT2D eigenvalue weighted by Gasteiger charge is 2.41. The fourth-order valence-corrected chi connectivity index (χ4v) is 3.73. The summed E-state index contributed by atoms with van der Waals surface area (Å²) in [6, 6.07) is 18.2. The van der Waals surface area contributed by atoms with Crippen molar-refractivity contribution in [1.82, 2.24) is 25.1 Å². The average molecular weight is 391 g/mol. The Morgan fingerprint density at radius 2 is 1.69 bits per heavy atom. The van der Waals surface area contributed by atoms with Crippen LogP contribution in [0.15, 0.2) is 60.7 Å². The van der Waals surface area contributed by atoms with E-state index in [0.717, 1.165) is 11.1 Å². The summed E-state index contributed by atoms with van der Waals surface area (Å²) >= 11 is 0. The SMILES string of the molecule is CC(C(=O)N1C[C@H](C(=O)O)[C@H](c2ccccc2)C1)n1nnc(-c2ccccc2)n1. The number of carbonyl (C=O) groups is 2. The first-order valence-corrected chi connectivity index (χ1v) is 9.46. The second-order valence-electron chi connectivity index (χ2n) is 7.18. The maximum atomic E-state index is 13.0. The van der Waals surface area contributed by atoms with Gasteiger partial charge in [0, 0.05) is 24.6 Å². The van der Waals surface area contributed by atoms with Crippen LogP contribution in [0.5, 0.6) is 0 Å². The van der Waals surface area contributed by atoms with Crippen LogP contribution in [0, 0.1) is 5.92 Å². The summed E-state index contributed by atoms with van der Waals surface area (Å²) in [6.07, 6.45) is 0. The van der Waals surface area contributed by atoms with Gasteiger partial charge in [0.25, 0.3) is 0 Å². The topological polar surface area (TPSA) is 101 Å². The molecule has 1 aliphatic rings. The van der Waals surface area contributed by atoms with Gasteiger partial charge < -0.3 is 10.0 Å². The van der Waals surface area contributed by atoms with Gasteiger partial charge in [0.1, 0.15) is 6.04 Å². The summed E-state index contributed by atoms with van der Waals surface area (Å²) in [5.41, 5.74) is 1.74. The maximum absolute atomic E-state index is 13.0. The van der Waals surface area contributed by atoms with E-state index in [0.29, 0.717) is 12.4 Å². The molecule has 0 radical (unpaired) electrons. The summed E-state index contributed by atoms with van der Waals surface area (Å²) < 4.78 is 0. The number of likely N-dealkylation sites (tertiary alicyclic amines) is 1. The Balaban J connectivity index is 1.52. The Morgan fingerprint density at radius 1 is 1.03 bits per heavy atom. The number of tetrazole rings is 1. The summed E-state index contributed by atoms with van der Waals surface area (Å²) in [5.74, 6) is -1.55.